The molecule has 5 rings (SSSR count). The number of nitro benzene ring substituents is 1. The fraction of sp³-hybridized carbons (Fsp3) is 0.233. The normalized spacial score (nSPS) is 14.6. The van der Waals surface area contributed by atoms with Gasteiger partial charge in [0.25, 0.3) is 5.69 Å². The Labute approximate surface area is 225 Å². The summed E-state index contributed by atoms with van der Waals surface area (Å²) in [6.07, 6.45) is 1.94. The van der Waals surface area contributed by atoms with Crippen LogP contribution in [-0.4, -0.2) is 44.4 Å². The van der Waals surface area contributed by atoms with Gasteiger partial charge < -0.3 is 14.2 Å². The first-order valence-corrected chi connectivity index (χ1v) is 12.6. The minimum Gasteiger partial charge on any atom is -0.467 e. The van der Waals surface area contributed by atoms with Gasteiger partial charge in [-0.25, -0.2) is 9.78 Å². The summed E-state index contributed by atoms with van der Waals surface area (Å²) >= 11 is 0. The zero-order chi connectivity index (χ0) is 27.5. The second kappa shape index (κ2) is 10.9. The Balaban J connectivity index is 1.48. The zero-order valence-electron chi connectivity index (χ0n) is 21.7. The highest BCUT2D eigenvalue weighted by molar-refractivity contribution is 5.91. The summed E-state index contributed by atoms with van der Waals surface area (Å²) in [5.41, 5.74) is 4.73. The van der Waals surface area contributed by atoms with E-state index in [9.17, 15) is 19.7 Å². The minimum absolute atomic E-state index is 0.0673. The maximum Gasteiger partial charge on any atom is 0.328 e. The lowest BCUT2D eigenvalue weighted by Crippen LogP contribution is -2.51. The molecule has 1 aromatic heterocycles. The third kappa shape index (κ3) is 5.16. The molecule has 9 nitrogen and oxygen atoms in total. The monoisotopic (exact) mass is 524 g/mol. The first-order chi connectivity index (χ1) is 18.9. The number of aromatic nitrogens is 2. The van der Waals surface area contributed by atoms with E-state index in [1.165, 1.54) is 13.2 Å². The molecule has 9 heteroatoms. The van der Waals surface area contributed by atoms with Crippen molar-refractivity contribution in [1.82, 2.24) is 14.5 Å². The van der Waals surface area contributed by atoms with Crippen LogP contribution in [-0.2, 0) is 33.8 Å². The number of esters is 1. The maximum absolute atomic E-state index is 14.2. The number of methoxy groups -OCH3 is 1. The third-order valence-electron chi connectivity index (χ3n) is 7.20. The number of hydrogen-bond acceptors (Lipinski definition) is 6. The van der Waals surface area contributed by atoms with Crippen LogP contribution in [0.4, 0.5) is 5.69 Å². The number of carbonyl (C=O) groups excluding carboxylic acids is 2. The van der Waals surface area contributed by atoms with E-state index in [1.54, 1.807) is 30.3 Å². The van der Waals surface area contributed by atoms with E-state index in [2.05, 4.69) is 4.98 Å². The predicted molar refractivity (Wildman–Crippen MR) is 144 cm³/mol. The molecule has 0 aliphatic carbocycles. The van der Waals surface area contributed by atoms with Gasteiger partial charge in [0.2, 0.25) is 5.91 Å². The molecule has 1 aliphatic heterocycles. The number of rotatable bonds is 7. The number of fused-ring (bicyclic) bond motifs is 1. The van der Waals surface area contributed by atoms with Gasteiger partial charge in [0.1, 0.15) is 6.04 Å². The van der Waals surface area contributed by atoms with Crippen molar-refractivity contribution < 1.29 is 19.2 Å². The second-order valence-corrected chi connectivity index (χ2v) is 9.61. The van der Waals surface area contributed by atoms with E-state index in [-0.39, 0.29) is 24.6 Å². The highest BCUT2D eigenvalue weighted by Gasteiger charge is 2.40. The molecule has 0 saturated carbocycles. The van der Waals surface area contributed by atoms with Crippen LogP contribution in [0.3, 0.4) is 0 Å². The van der Waals surface area contributed by atoms with Crippen molar-refractivity contribution in [3.8, 4) is 0 Å². The van der Waals surface area contributed by atoms with Gasteiger partial charge in [-0.2, -0.15) is 0 Å². The van der Waals surface area contributed by atoms with Crippen LogP contribution >= 0.6 is 0 Å². The average molecular weight is 525 g/mol. The van der Waals surface area contributed by atoms with Crippen LogP contribution in [0.1, 0.15) is 39.6 Å². The summed E-state index contributed by atoms with van der Waals surface area (Å²) in [6.45, 7) is 2.30. The van der Waals surface area contributed by atoms with Crippen LogP contribution in [0.5, 0.6) is 0 Å². The Morgan fingerprint density at radius 3 is 2.26 bits per heavy atom. The first-order valence-electron chi connectivity index (χ1n) is 12.6. The predicted octanol–water partition coefficient (Wildman–Crippen LogP) is 4.41. The number of nitrogens with zero attached hydrogens (tertiary/aromatic N) is 4. The van der Waals surface area contributed by atoms with Crippen LogP contribution in [0.2, 0.25) is 0 Å². The Hall–Kier alpha value is -4.79. The van der Waals surface area contributed by atoms with E-state index in [1.807, 2.05) is 65.2 Å². The van der Waals surface area contributed by atoms with Gasteiger partial charge in [0, 0.05) is 30.3 Å². The van der Waals surface area contributed by atoms with Crippen LogP contribution in [0.15, 0.2) is 85.2 Å². The van der Waals surface area contributed by atoms with Crippen molar-refractivity contribution in [2.24, 2.45) is 0 Å². The van der Waals surface area contributed by atoms with E-state index < -0.39 is 22.9 Å². The maximum atomic E-state index is 14.2. The number of benzene rings is 3. The van der Waals surface area contributed by atoms with Crippen molar-refractivity contribution in [1.29, 1.82) is 0 Å². The third-order valence-corrected chi connectivity index (χ3v) is 7.20. The van der Waals surface area contributed by atoms with E-state index in [0.29, 0.717) is 17.8 Å². The van der Waals surface area contributed by atoms with Crippen molar-refractivity contribution in [2.45, 2.75) is 38.4 Å². The zero-order valence-corrected chi connectivity index (χ0v) is 21.7. The highest BCUT2D eigenvalue weighted by Crippen LogP contribution is 2.32. The Bertz CT molecular complexity index is 1480. The number of imidazole rings is 1. The van der Waals surface area contributed by atoms with Gasteiger partial charge in [0.15, 0.2) is 0 Å². The van der Waals surface area contributed by atoms with Gasteiger partial charge in [-0.1, -0.05) is 66.7 Å². The standard InChI is InChI=1S/C30H28N4O5/c1-20-15-21(13-14-25(20)34(37)38)17-32-19-31-24-18-33(27(16-26(24)32)30(36)39-2)29(35)28(22-9-5-3-6-10-22)23-11-7-4-8-12-23/h3-15,19,27-28H,16-18H2,1-2H3. The highest BCUT2D eigenvalue weighted by atomic mass is 16.6. The molecule has 0 N–H and O–H groups in total. The fourth-order valence-electron chi connectivity index (χ4n) is 5.25. The summed E-state index contributed by atoms with van der Waals surface area (Å²) in [5, 5.41) is 11.2. The van der Waals surface area contributed by atoms with Crippen molar-refractivity contribution in [3.05, 3.63) is 129 Å². The Morgan fingerprint density at radius 1 is 1.05 bits per heavy atom. The quantitative estimate of drug-likeness (QED) is 0.201. The molecule has 0 bridgehead atoms. The first kappa shape index (κ1) is 25.8. The number of aryl methyl sites for hydroxylation is 1. The molecule has 2 heterocycles. The van der Waals surface area contributed by atoms with Gasteiger partial charge >= 0.3 is 5.97 Å². The number of nitro groups is 1. The van der Waals surface area contributed by atoms with Crippen LogP contribution < -0.4 is 0 Å². The molecule has 0 spiro atoms. The molecule has 0 fully saturated rings. The molecular formula is C30H28N4O5. The summed E-state index contributed by atoms with van der Waals surface area (Å²) < 4.78 is 7.07. The van der Waals surface area contributed by atoms with Crippen LogP contribution in [0, 0.1) is 17.0 Å². The fourth-order valence-corrected chi connectivity index (χ4v) is 5.25. The molecule has 0 radical (unpaired) electrons. The van der Waals surface area contributed by atoms with Crippen molar-refractivity contribution in [2.75, 3.05) is 7.11 Å². The lowest BCUT2D eigenvalue weighted by molar-refractivity contribution is -0.385. The van der Waals surface area contributed by atoms with Crippen molar-refractivity contribution in [3.63, 3.8) is 0 Å². The minimum atomic E-state index is -0.820. The largest absolute Gasteiger partial charge is 0.467 e. The summed E-state index contributed by atoms with van der Waals surface area (Å²) in [7, 11) is 1.32. The molecule has 0 saturated heterocycles. The summed E-state index contributed by atoms with van der Waals surface area (Å²) in [6, 6.07) is 23.2. The molecule has 1 unspecified atom stereocenters. The van der Waals surface area contributed by atoms with E-state index in [4.69, 9.17) is 4.74 Å². The molecule has 3 aromatic carbocycles. The lowest BCUT2D eigenvalue weighted by Gasteiger charge is -2.36. The Kier molecular flexibility index (Phi) is 7.23. The van der Waals surface area contributed by atoms with Crippen molar-refractivity contribution >= 4 is 17.6 Å². The van der Waals surface area contributed by atoms with Gasteiger partial charge in [0.05, 0.1) is 36.5 Å². The second-order valence-electron chi connectivity index (χ2n) is 9.61. The summed E-state index contributed by atoms with van der Waals surface area (Å²) in [4.78, 5) is 44.2. The SMILES string of the molecule is COC(=O)C1Cc2c(ncn2Cc2ccc([N+](=O)[O-])c(C)c2)CN1C(=O)C(c1ccccc1)c1ccccc1. The lowest BCUT2D eigenvalue weighted by atomic mass is 9.88. The van der Waals surface area contributed by atoms with Gasteiger partial charge in [-0.05, 0) is 29.7 Å². The molecule has 1 aliphatic rings. The smallest absolute Gasteiger partial charge is 0.328 e. The molecule has 1 amide bonds. The molecule has 198 valence electrons. The number of carbonyl (C=O) groups is 2. The van der Waals surface area contributed by atoms with Gasteiger partial charge in [-0.3, -0.25) is 14.9 Å². The Morgan fingerprint density at radius 2 is 1.69 bits per heavy atom. The van der Waals surface area contributed by atoms with E-state index in [0.717, 1.165) is 22.4 Å². The average Bonchev–Trinajstić information content (AvgIpc) is 3.34. The van der Waals surface area contributed by atoms with Gasteiger partial charge in [-0.15, -0.1) is 0 Å². The van der Waals surface area contributed by atoms with E-state index >= 15 is 0 Å². The number of amides is 1. The number of hydrogen-bond donors (Lipinski definition) is 0. The number of ether oxygens (including phenoxy) is 1. The van der Waals surface area contributed by atoms with Crippen LogP contribution in [0.25, 0.3) is 0 Å². The molecule has 4 aromatic rings. The summed E-state index contributed by atoms with van der Waals surface area (Å²) in [5.74, 6) is -1.28. The molecule has 39 heavy (non-hydrogen) atoms. The topological polar surface area (TPSA) is 108 Å². The molecular weight excluding hydrogens is 496 g/mol. The molecule has 1 atom stereocenters.